The fourth-order valence-electron chi connectivity index (χ4n) is 2.36. The van der Waals surface area contributed by atoms with Gasteiger partial charge in [-0.05, 0) is 37.6 Å². The third-order valence-electron chi connectivity index (χ3n) is 3.54. The summed E-state index contributed by atoms with van der Waals surface area (Å²) in [6.45, 7) is 5.66. The largest absolute Gasteiger partial charge is 0.370 e. The summed E-state index contributed by atoms with van der Waals surface area (Å²) in [5, 5.41) is 11.9. The first-order valence-electron chi connectivity index (χ1n) is 6.97. The summed E-state index contributed by atoms with van der Waals surface area (Å²) in [5.41, 5.74) is 2.48. The third kappa shape index (κ3) is 3.18. The molecule has 0 bridgehead atoms. The maximum Gasteiger partial charge on any atom is 0.269 e. The van der Waals surface area contributed by atoms with Crippen molar-refractivity contribution in [3.8, 4) is 11.1 Å². The summed E-state index contributed by atoms with van der Waals surface area (Å²) in [6.07, 6.45) is 0. The molecule has 0 N–H and O–H groups in total. The van der Waals surface area contributed by atoms with Gasteiger partial charge in [0.15, 0.2) is 0 Å². The van der Waals surface area contributed by atoms with Gasteiger partial charge >= 0.3 is 0 Å². The van der Waals surface area contributed by atoms with Gasteiger partial charge in [0, 0.05) is 30.8 Å². The summed E-state index contributed by atoms with van der Waals surface area (Å²) in [4.78, 5) is 12.4. The molecule has 0 unspecified atom stereocenters. The van der Waals surface area contributed by atoms with Crippen LogP contribution in [0.15, 0.2) is 36.4 Å². The monoisotopic (exact) mass is 338 g/mol. The summed E-state index contributed by atoms with van der Waals surface area (Å²) >= 11 is 12.8. The molecule has 0 amide bonds. The van der Waals surface area contributed by atoms with E-state index in [2.05, 4.69) is 4.90 Å². The molecule has 116 valence electrons. The Bertz CT molecular complexity index is 683. The summed E-state index contributed by atoms with van der Waals surface area (Å²) in [6, 6.07) is 9.96. The minimum absolute atomic E-state index is 0.0535. The van der Waals surface area contributed by atoms with Crippen LogP contribution in [0.25, 0.3) is 11.1 Å². The zero-order valence-corrected chi connectivity index (χ0v) is 13.9. The number of nitro benzene ring substituents is 1. The third-order valence-corrected chi connectivity index (χ3v) is 4.22. The molecular formula is C16H16Cl2N2O2. The number of hydrogen-bond donors (Lipinski definition) is 0. The van der Waals surface area contributed by atoms with Crippen LogP contribution in [-0.2, 0) is 0 Å². The first kappa shape index (κ1) is 16.6. The second-order valence-corrected chi connectivity index (χ2v) is 5.52. The molecule has 22 heavy (non-hydrogen) atoms. The van der Waals surface area contributed by atoms with Gasteiger partial charge in [0.1, 0.15) is 0 Å². The van der Waals surface area contributed by atoms with Crippen LogP contribution in [0.3, 0.4) is 0 Å². The van der Waals surface area contributed by atoms with Crippen molar-refractivity contribution in [1.82, 2.24) is 0 Å². The van der Waals surface area contributed by atoms with Gasteiger partial charge in [-0.1, -0.05) is 29.3 Å². The molecule has 0 radical (unpaired) electrons. The lowest BCUT2D eigenvalue weighted by Crippen LogP contribution is -2.22. The van der Waals surface area contributed by atoms with Crippen LogP contribution >= 0.6 is 23.2 Å². The normalized spacial score (nSPS) is 10.5. The van der Waals surface area contributed by atoms with Crippen molar-refractivity contribution < 1.29 is 4.92 Å². The number of nitrogens with zero attached hydrogens (tertiary/aromatic N) is 2. The zero-order chi connectivity index (χ0) is 16.3. The highest BCUT2D eigenvalue weighted by molar-refractivity contribution is 6.41. The molecule has 0 fully saturated rings. The van der Waals surface area contributed by atoms with Gasteiger partial charge in [-0.25, -0.2) is 0 Å². The van der Waals surface area contributed by atoms with Crippen LogP contribution in [0, 0.1) is 10.1 Å². The topological polar surface area (TPSA) is 46.4 Å². The molecule has 6 heteroatoms. The molecule has 0 spiro atoms. The van der Waals surface area contributed by atoms with E-state index < -0.39 is 4.92 Å². The zero-order valence-electron chi connectivity index (χ0n) is 12.3. The van der Waals surface area contributed by atoms with Crippen LogP contribution in [0.1, 0.15) is 13.8 Å². The molecule has 2 aromatic rings. The molecule has 0 aliphatic carbocycles. The van der Waals surface area contributed by atoms with Crippen LogP contribution in [0.2, 0.25) is 10.0 Å². The van der Waals surface area contributed by atoms with Crippen molar-refractivity contribution in [3.63, 3.8) is 0 Å². The molecule has 2 aromatic carbocycles. The Morgan fingerprint density at radius 3 is 2.14 bits per heavy atom. The molecular weight excluding hydrogens is 323 g/mol. The lowest BCUT2D eigenvalue weighted by molar-refractivity contribution is -0.384. The van der Waals surface area contributed by atoms with Crippen molar-refractivity contribution in [3.05, 3.63) is 56.6 Å². The van der Waals surface area contributed by atoms with E-state index in [9.17, 15) is 10.1 Å². The molecule has 4 nitrogen and oxygen atoms in total. The smallest absolute Gasteiger partial charge is 0.269 e. The van der Waals surface area contributed by atoms with E-state index in [0.29, 0.717) is 10.0 Å². The van der Waals surface area contributed by atoms with Crippen molar-refractivity contribution in [2.24, 2.45) is 0 Å². The van der Waals surface area contributed by atoms with Crippen LogP contribution in [0.5, 0.6) is 0 Å². The molecule has 0 atom stereocenters. The quantitative estimate of drug-likeness (QED) is 0.540. The van der Waals surface area contributed by atoms with E-state index in [1.54, 1.807) is 18.2 Å². The highest BCUT2D eigenvalue weighted by Crippen LogP contribution is 2.41. The molecule has 0 aromatic heterocycles. The van der Waals surface area contributed by atoms with Crippen LogP contribution in [0.4, 0.5) is 11.4 Å². The first-order valence-corrected chi connectivity index (χ1v) is 7.72. The molecule has 0 saturated carbocycles. The molecule has 0 aliphatic heterocycles. The van der Waals surface area contributed by atoms with Gasteiger partial charge in [-0.2, -0.15) is 0 Å². The van der Waals surface area contributed by atoms with Crippen molar-refractivity contribution in [2.75, 3.05) is 18.0 Å². The number of hydrogen-bond acceptors (Lipinski definition) is 3. The number of nitro groups is 1. The average molecular weight is 339 g/mol. The minimum Gasteiger partial charge on any atom is -0.370 e. The Hall–Kier alpha value is -1.78. The van der Waals surface area contributed by atoms with Gasteiger partial charge in [0.25, 0.3) is 5.69 Å². The fourth-order valence-corrected chi connectivity index (χ4v) is 3.08. The van der Waals surface area contributed by atoms with Gasteiger partial charge in [-0.15, -0.1) is 0 Å². The summed E-state index contributed by atoms with van der Waals surface area (Å²) in [7, 11) is 0. The molecule has 0 saturated heterocycles. The molecule has 0 heterocycles. The predicted molar refractivity (Wildman–Crippen MR) is 92.1 cm³/mol. The number of rotatable bonds is 5. The Labute approximate surface area is 139 Å². The van der Waals surface area contributed by atoms with Crippen LogP contribution < -0.4 is 4.90 Å². The fraction of sp³-hybridized carbons (Fsp3) is 0.250. The maximum atomic E-state index is 10.7. The van der Waals surface area contributed by atoms with E-state index >= 15 is 0 Å². The second-order valence-electron chi connectivity index (χ2n) is 4.73. The van der Waals surface area contributed by atoms with E-state index in [1.165, 1.54) is 12.1 Å². The highest BCUT2D eigenvalue weighted by atomic mass is 35.5. The molecule has 2 rings (SSSR count). The van der Waals surface area contributed by atoms with E-state index in [0.717, 1.165) is 29.9 Å². The minimum atomic E-state index is -0.422. The van der Waals surface area contributed by atoms with Gasteiger partial charge in [0.05, 0.1) is 20.7 Å². The Balaban J connectivity index is 2.52. The Morgan fingerprint density at radius 1 is 1.05 bits per heavy atom. The standard InChI is InChI=1S/C16H16Cl2N2O2/c1-3-19(4-2)16-14(17)10-9-13(15(16)18)11-5-7-12(8-6-11)20(21)22/h5-10H,3-4H2,1-2H3. The lowest BCUT2D eigenvalue weighted by Gasteiger charge is -2.24. The van der Waals surface area contributed by atoms with Gasteiger partial charge in [-0.3, -0.25) is 10.1 Å². The highest BCUT2D eigenvalue weighted by Gasteiger charge is 2.16. The van der Waals surface area contributed by atoms with Crippen molar-refractivity contribution in [1.29, 1.82) is 0 Å². The lowest BCUT2D eigenvalue weighted by atomic mass is 10.0. The molecule has 0 aliphatic rings. The number of anilines is 1. The second kappa shape index (κ2) is 6.99. The maximum absolute atomic E-state index is 10.7. The Kier molecular flexibility index (Phi) is 5.27. The number of benzene rings is 2. The van der Waals surface area contributed by atoms with E-state index in [4.69, 9.17) is 23.2 Å². The van der Waals surface area contributed by atoms with Crippen LogP contribution in [-0.4, -0.2) is 18.0 Å². The van der Waals surface area contributed by atoms with Gasteiger partial charge < -0.3 is 4.90 Å². The Morgan fingerprint density at radius 2 is 1.64 bits per heavy atom. The number of halogens is 2. The first-order chi connectivity index (χ1) is 10.5. The summed E-state index contributed by atoms with van der Waals surface area (Å²) < 4.78 is 0. The van der Waals surface area contributed by atoms with Crippen molar-refractivity contribution in [2.45, 2.75) is 13.8 Å². The summed E-state index contributed by atoms with van der Waals surface area (Å²) in [5.74, 6) is 0. The SMILES string of the molecule is CCN(CC)c1c(Cl)ccc(-c2ccc([N+](=O)[O-])cc2)c1Cl. The van der Waals surface area contributed by atoms with Gasteiger partial charge in [0.2, 0.25) is 0 Å². The average Bonchev–Trinajstić information content (AvgIpc) is 2.51. The van der Waals surface area contributed by atoms with E-state index in [1.807, 2.05) is 19.9 Å². The number of non-ortho nitro benzene ring substituents is 1. The van der Waals surface area contributed by atoms with E-state index in [-0.39, 0.29) is 5.69 Å². The predicted octanol–water partition coefficient (Wildman–Crippen LogP) is 5.41. The van der Waals surface area contributed by atoms with Crippen molar-refractivity contribution >= 4 is 34.6 Å².